The molecule has 0 bridgehead atoms. The average Bonchev–Trinajstić information content (AvgIpc) is 2.54. The lowest BCUT2D eigenvalue weighted by Crippen LogP contribution is -2.32. The van der Waals surface area contributed by atoms with Crippen molar-refractivity contribution in [1.29, 1.82) is 0 Å². The number of alkyl halides is 2. The Kier molecular flexibility index (Phi) is 5.67. The van der Waals surface area contributed by atoms with E-state index in [4.69, 9.17) is 4.74 Å². The minimum Gasteiger partial charge on any atom is -0.497 e. The van der Waals surface area contributed by atoms with E-state index in [1.807, 2.05) is 12.1 Å². The summed E-state index contributed by atoms with van der Waals surface area (Å²) in [6, 6.07) is 19.0. The van der Waals surface area contributed by atoms with Crippen LogP contribution in [0.4, 0.5) is 0 Å². The van der Waals surface area contributed by atoms with Gasteiger partial charge in [-0.2, -0.15) is 0 Å². The fraction of sp³-hybridized carbons (Fsp3) is 0.294. The molecule has 0 aliphatic rings. The lowest BCUT2D eigenvalue weighted by atomic mass is 9.79. The molecule has 0 unspecified atom stereocenters. The molecule has 2 rings (SSSR count). The van der Waals surface area contributed by atoms with E-state index >= 15 is 0 Å². The third kappa shape index (κ3) is 3.44. The molecule has 0 fully saturated rings. The number of rotatable bonds is 6. The highest BCUT2D eigenvalue weighted by molar-refractivity contribution is 9.09. The van der Waals surface area contributed by atoms with Gasteiger partial charge in [0.25, 0.3) is 0 Å². The molecule has 0 N–H and O–H groups in total. The highest BCUT2D eigenvalue weighted by atomic mass is 79.9. The van der Waals surface area contributed by atoms with Crippen molar-refractivity contribution in [3.8, 4) is 5.75 Å². The molecule has 0 spiro atoms. The monoisotopic (exact) mass is 396 g/mol. The fourth-order valence-electron chi connectivity index (χ4n) is 2.35. The molecule has 0 saturated carbocycles. The van der Waals surface area contributed by atoms with E-state index in [2.05, 4.69) is 74.3 Å². The Balaban J connectivity index is 2.34. The zero-order valence-corrected chi connectivity index (χ0v) is 14.7. The molecule has 1 nitrogen and oxygen atoms in total. The molecule has 3 heteroatoms. The van der Waals surface area contributed by atoms with Gasteiger partial charge in [0.15, 0.2) is 0 Å². The molecule has 0 saturated heterocycles. The van der Waals surface area contributed by atoms with Crippen molar-refractivity contribution >= 4 is 31.9 Å². The van der Waals surface area contributed by atoms with Gasteiger partial charge in [-0.15, -0.1) is 0 Å². The molecular weight excluding hydrogens is 380 g/mol. The van der Waals surface area contributed by atoms with E-state index in [0.717, 1.165) is 22.8 Å². The van der Waals surface area contributed by atoms with E-state index in [0.29, 0.717) is 0 Å². The predicted molar refractivity (Wildman–Crippen MR) is 92.4 cm³/mol. The molecule has 2 aromatic carbocycles. The number of benzene rings is 2. The van der Waals surface area contributed by atoms with Gasteiger partial charge in [0.1, 0.15) is 5.75 Å². The molecule has 106 valence electrons. The van der Waals surface area contributed by atoms with Crippen LogP contribution >= 0.6 is 31.9 Å². The summed E-state index contributed by atoms with van der Waals surface area (Å²) in [5, 5.41) is 1.82. The van der Waals surface area contributed by atoms with Gasteiger partial charge in [-0.1, -0.05) is 74.3 Å². The highest BCUT2D eigenvalue weighted by Crippen LogP contribution is 2.33. The van der Waals surface area contributed by atoms with Crippen LogP contribution in [-0.4, -0.2) is 17.8 Å². The Morgan fingerprint density at radius 2 is 1.65 bits per heavy atom. The molecule has 0 aliphatic heterocycles. The quantitative estimate of drug-likeness (QED) is 0.625. The Hall–Kier alpha value is -0.800. The van der Waals surface area contributed by atoms with Crippen molar-refractivity contribution in [3.05, 3.63) is 65.7 Å². The van der Waals surface area contributed by atoms with Gasteiger partial charge in [-0.3, -0.25) is 0 Å². The summed E-state index contributed by atoms with van der Waals surface area (Å²) < 4.78 is 5.32. The van der Waals surface area contributed by atoms with Gasteiger partial charge < -0.3 is 4.74 Å². The zero-order chi connectivity index (χ0) is 14.4. The second kappa shape index (κ2) is 7.28. The van der Waals surface area contributed by atoms with E-state index in [1.165, 1.54) is 11.1 Å². The van der Waals surface area contributed by atoms with Gasteiger partial charge in [0, 0.05) is 16.1 Å². The maximum absolute atomic E-state index is 5.32. The fourth-order valence-corrected chi connectivity index (χ4v) is 4.32. The summed E-state index contributed by atoms with van der Waals surface area (Å²) >= 11 is 7.40. The second-order valence-corrected chi connectivity index (χ2v) is 6.06. The van der Waals surface area contributed by atoms with Crippen LogP contribution in [0.25, 0.3) is 0 Å². The van der Waals surface area contributed by atoms with Crippen molar-refractivity contribution in [1.82, 2.24) is 0 Å². The van der Waals surface area contributed by atoms with Crippen molar-refractivity contribution in [2.45, 2.75) is 11.8 Å². The Morgan fingerprint density at radius 3 is 2.25 bits per heavy atom. The third-order valence-corrected chi connectivity index (χ3v) is 5.72. The Bertz CT molecular complexity index is 536. The summed E-state index contributed by atoms with van der Waals surface area (Å²) in [5.41, 5.74) is 2.68. The van der Waals surface area contributed by atoms with E-state index in [1.54, 1.807) is 7.11 Å². The lowest BCUT2D eigenvalue weighted by Gasteiger charge is -2.31. The summed E-state index contributed by atoms with van der Waals surface area (Å²) in [4.78, 5) is 0. The van der Waals surface area contributed by atoms with Crippen LogP contribution in [0.2, 0.25) is 0 Å². The molecule has 0 amide bonds. The maximum atomic E-state index is 5.32. The van der Waals surface area contributed by atoms with Gasteiger partial charge in [0.2, 0.25) is 0 Å². The van der Waals surface area contributed by atoms with Crippen molar-refractivity contribution in [2.75, 3.05) is 17.8 Å². The first-order valence-electron chi connectivity index (χ1n) is 6.54. The van der Waals surface area contributed by atoms with E-state index < -0.39 is 0 Å². The summed E-state index contributed by atoms with van der Waals surface area (Å²) in [6.45, 7) is 0. The predicted octanol–water partition coefficient (Wildman–Crippen LogP) is 4.97. The molecule has 0 radical (unpaired) electrons. The topological polar surface area (TPSA) is 9.23 Å². The van der Waals surface area contributed by atoms with Gasteiger partial charge in [-0.25, -0.2) is 0 Å². The molecular formula is C17H18Br2O. The highest BCUT2D eigenvalue weighted by Gasteiger charge is 2.30. The van der Waals surface area contributed by atoms with Crippen molar-refractivity contribution < 1.29 is 4.74 Å². The lowest BCUT2D eigenvalue weighted by molar-refractivity contribution is 0.413. The van der Waals surface area contributed by atoms with Crippen LogP contribution in [0.5, 0.6) is 5.75 Å². The van der Waals surface area contributed by atoms with Crippen LogP contribution in [0.1, 0.15) is 11.1 Å². The number of ether oxygens (including phenoxy) is 1. The standard InChI is InChI=1S/C17H18Br2O/c1-20-16-9-5-6-14(10-16)11-17(12-18,13-19)15-7-3-2-4-8-15/h2-10H,11-13H2,1H3. The van der Waals surface area contributed by atoms with Crippen LogP contribution < -0.4 is 4.74 Å². The zero-order valence-electron chi connectivity index (χ0n) is 11.5. The van der Waals surface area contributed by atoms with E-state index in [9.17, 15) is 0 Å². The number of halogens is 2. The van der Waals surface area contributed by atoms with Crippen LogP contribution in [-0.2, 0) is 11.8 Å². The van der Waals surface area contributed by atoms with Crippen LogP contribution in [0, 0.1) is 0 Å². The molecule has 2 aromatic rings. The van der Waals surface area contributed by atoms with Crippen molar-refractivity contribution in [3.63, 3.8) is 0 Å². The first kappa shape index (κ1) is 15.6. The smallest absolute Gasteiger partial charge is 0.119 e. The number of hydrogen-bond acceptors (Lipinski definition) is 1. The number of methoxy groups -OCH3 is 1. The molecule has 0 heterocycles. The van der Waals surface area contributed by atoms with Crippen LogP contribution in [0.3, 0.4) is 0 Å². The normalized spacial score (nSPS) is 11.3. The summed E-state index contributed by atoms with van der Waals surface area (Å²) in [6.07, 6.45) is 0.963. The van der Waals surface area contributed by atoms with Gasteiger partial charge >= 0.3 is 0 Å². The van der Waals surface area contributed by atoms with Crippen molar-refractivity contribution in [2.24, 2.45) is 0 Å². The van der Waals surface area contributed by atoms with Gasteiger partial charge in [-0.05, 0) is 29.7 Å². The largest absolute Gasteiger partial charge is 0.497 e. The first-order valence-corrected chi connectivity index (χ1v) is 8.79. The van der Waals surface area contributed by atoms with E-state index in [-0.39, 0.29) is 5.41 Å². The number of hydrogen-bond donors (Lipinski definition) is 0. The minimum atomic E-state index is 0.0492. The Morgan fingerprint density at radius 1 is 0.950 bits per heavy atom. The van der Waals surface area contributed by atoms with Gasteiger partial charge in [0.05, 0.1) is 7.11 Å². The third-order valence-electron chi connectivity index (χ3n) is 3.57. The first-order chi connectivity index (χ1) is 9.74. The molecule has 0 aliphatic carbocycles. The SMILES string of the molecule is COc1cccc(CC(CBr)(CBr)c2ccccc2)c1. The summed E-state index contributed by atoms with van der Waals surface area (Å²) in [5.74, 6) is 0.911. The Labute approximate surface area is 137 Å². The summed E-state index contributed by atoms with van der Waals surface area (Å²) in [7, 11) is 1.71. The molecule has 20 heavy (non-hydrogen) atoms. The average molecular weight is 398 g/mol. The maximum Gasteiger partial charge on any atom is 0.119 e. The molecule has 0 atom stereocenters. The molecule has 0 aromatic heterocycles. The minimum absolute atomic E-state index is 0.0492. The van der Waals surface area contributed by atoms with Crippen LogP contribution in [0.15, 0.2) is 54.6 Å². The second-order valence-electron chi connectivity index (χ2n) is 4.94.